The van der Waals surface area contributed by atoms with Gasteiger partial charge < -0.3 is 14.5 Å². The first-order valence-corrected chi connectivity index (χ1v) is 12.0. The first-order chi connectivity index (χ1) is 15.8. The van der Waals surface area contributed by atoms with Crippen LogP contribution < -0.4 is 10.1 Å². The van der Waals surface area contributed by atoms with Crippen molar-refractivity contribution >= 4 is 60.6 Å². The molecule has 168 valence electrons. The molecular formula is C26H22Br2N2O3. The molecule has 4 aromatic rings. The molecule has 0 saturated carbocycles. The molecule has 33 heavy (non-hydrogen) atoms. The number of oxazole rings is 1. The van der Waals surface area contributed by atoms with E-state index in [0.29, 0.717) is 23.2 Å². The van der Waals surface area contributed by atoms with E-state index in [-0.39, 0.29) is 5.91 Å². The number of benzene rings is 3. The smallest absolute Gasteiger partial charge is 0.248 e. The van der Waals surface area contributed by atoms with Gasteiger partial charge in [0.25, 0.3) is 0 Å². The molecule has 1 amide bonds. The zero-order valence-corrected chi connectivity index (χ0v) is 21.5. The Hall–Kier alpha value is -2.90. The summed E-state index contributed by atoms with van der Waals surface area (Å²) in [6.45, 7) is 4.29. The van der Waals surface area contributed by atoms with Crippen LogP contribution in [0.5, 0.6) is 5.75 Å². The summed E-state index contributed by atoms with van der Waals surface area (Å²) in [6, 6.07) is 17.3. The van der Waals surface area contributed by atoms with E-state index < -0.39 is 0 Å². The molecule has 1 N–H and O–H groups in total. The quantitative estimate of drug-likeness (QED) is 0.240. The maximum Gasteiger partial charge on any atom is 0.248 e. The molecule has 0 bridgehead atoms. The van der Waals surface area contributed by atoms with Gasteiger partial charge in [-0.25, -0.2) is 4.98 Å². The molecule has 0 aliphatic heterocycles. The summed E-state index contributed by atoms with van der Waals surface area (Å²) < 4.78 is 13.0. The zero-order valence-electron chi connectivity index (χ0n) is 18.4. The number of aromatic nitrogens is 1. The molecule has 0 atom stereocenters. The van der Waals surface area contributed by atoms with E-state index in [1.165, 1.54) is 11.6 Å². The molecule has 1 heterocycles. The van der Waals surface area contributed by atoms with Gasteiger partial charge in [-0.3, -0.25) is 4.79 Å². The van der Waals surface area contributed by atoms with Crippen molar-refractivity contribution in [1.29, 1.82) is 0 Å². The van der Waals surface area contributed by atoms with E-state index in [1.807, 2.05) is 42.5 Å². The third-order valence-electron chi connectivity index (χ3n) is 5.11. The molecule has 7 heteroatoms. The summed E-state index contributed by atoms with van der Waals surface area (Å²) in [5, 5.41) is 2.89. The molecule has 3 aromatic carbocycles. The molecule has 0 saturated heterocycles. The van der Waals surface area contributed by atoms with E-state index in [4.69, 9.17) is 9.15 Å². The van der Waals surface area contributed by atoms with Crippen molar-refractivity contribution in [3.05, 3.63) is 80.7 Å². The fraction of sp³-hybridized carbons (Fsp3) is 0.154. The number of carbonyl (C=O) groups excluding carboxylic acids is 1. The monoisotopic (exact) mass is 568 g/mol. The number of halogens is 2. The van der Waals surface area contributed by atoms with Crippen LogP contribution in [0.2, 0.25) is 0 Å². The van der Waals surface area contributed by atoms with Gasteiger partial charge in [-0.15, -0.1) is 0 Å². The van der Waals surface area contributed by atoms with Gasteiger partial charge in [0.15, 0.2) is 5.58 Å². The van der Waals surface area contributed by atoms with E-state index in [1.54, 1.807) is 13.2 Å². The predicted octanol–water partition coefficient (Wildman–Crippen LogP) is 7.80. The predicted molar refractivity (Wildman–Crippen MR) is 140 cm³/mol. The minimum atomic E-state index is -0.260. The summed E-state index contributed by atoms with van der Waals surface area (Å²) in [5.41, 5.74) is 4.98. The van der Waals surface area contributed by atoms with Gasteiger partial charge in [-0.1, -0.05) is 41.9 Å². The Balaban J connectivity index is 1.53. The number of fused-ring (bicyclic) bond motifs is 1. The Morgan fingerprint density at radius 3 is 2.70 bits per heavy atom. The van der Waals surface area contributed by atoms with Crippen molar-refractivity contribution < 1.29 is 13.9 Å². The Morgan fingerprint density at radius 2 is 1.94 bits per heavy atom. The number of hydrogen-bond acceptors (Lipinski definition) is 4. The summed E-state index contributed by atoms with van der Waals surface area (Å²) in [4.78, 5) is 17.2. The Labute approximate surface area is 209 Å². The molecule has 0 fully saturated rings. The Kier molecular flexibility index (Phi) is 7.00. The SMILES string of the molecule is COc1c(Br)cc(Br)cc1/C=C/C(=O)Nc1cccc(-c2nc3cc(C(C)C)ccc3o2)c1. The highest BCUT2D eigenvalue weighted by atomic mass is 79.9. The minimum absolute atomic E-state index is 0.260. The van der Waals surface area contributed by atoms with E-state index in [9.17, 15) is 4.79 Å². The number of amides is 1. The highest BCUT2D eigenvalue weighted by Crippen LogP contribution is 2.33. The molecule has 5 nitrogen and oxygen atoms in total. The van der Waals surface area contributed by atoms with Gasteiger partial charge in [0.2, 0.25) is 11.8 Å². The van der Waals surface area contributed by atoms with Gasteiger partial charge in [0.1, 0.15) is 11.3 Å². The summed E-state index contributed by atoms with van der Waals surface area (Å²) in [5.74, 6) is 1.32. The lowest BCUT2D eigenvalue weighted by Gasteiger charge is -2.08. The van der Waals surface area contributed by atoms with Gasteiger partial charge in [0, 0.05) is 27.4 Å². The Morgan fingerprint density at radius 1 is 1.12 bits per heavy atom. The fourth-order valence-corrected chi connectivity index (χ4v) is 4.85. The lowest BCUT2D eigenvalue weighted by molar-refractivity contribution is -0.111. The van der Waals surface area contributed by atoms with Crippen molar-refractivity contribution in [2.45, 2.75) is 19.8 Å². The van der Waals surface area contributed by atoms with Crippen molar-refractivity contribution in [2.75, 3.05) is 12.4 Å². The summed E-state index contributed by atoms with van der Waals surface area (Å²) >= 11 is 6.92. The number of nitrogens with one attached hydrogen (secondary N) is 1. The van der Waals surface area contributed by atoms with E-state index >= 15 is 0 Å². The summed E-state index contributed by atoms with van der Waals surface area (Å²) in [7, 11) is 1.59. The first-order valence-electron chi connectivity index (χ1n) is 10.4. The maximum absolute atomic E-state index is 12.5. The van der Waals surface area contributed by atoms with Gasteiger partial charge in [-0.2, -0.15) is 0 Å². The second kappa shape index (κ2) is 9.93. The normalized spacial score (nSPS) is 11.5. The van der Waals surface area contributed by atoms with Gasteiger partial charge in [-0.05, 0) is 76.0 Å². The summed E-state index contributed by atoms with van der Waals surface area (Å²) in [6.07, 6.45) is 3.18. The third kappa shape index (κ3) is 5.37. The topological polar surface area (TPSA) is 64.4 Å². The van der Waals surface area contributed by atoms with Crippen molar-refractivity contribution in [3.63, 3.8) is 0 Å². The zero-order chi connectivity index (χ0) is 23.5. The number of anilines is 1. The standard InChI is InChI=1S/C26H22Br2N2O3/c1-15(2)16-7-9-23-22(13-16)30-26(33-23)18-5-4-6-20(12-18)29-24(31)10-8-17-11-19(27)14-21(28)25(17)32-3/h4-15H,1-3H3,(H,29,31)/b10-8+. The van der Waals surface area contributed by atoms with Crippen LogP contribution in [-0.4, -0.2) is 18.0 Å². The molecule has 0 radical (unpaired) electrons. The van der Waals surface area contributed by atoms with Gasteiger partial charge >= 0.3 is 0 Å². The highest BCUT2D eigenvalue weighted by Gasteiger charge is 2.11. The molecule has 1 aromatic heterocycles. The molecule has 0 aliphatic rings. The van der Waals surface area contributed by atoms with Crippen LogP contribution in [0.3, 0.4) is 0 Å². The van der Waals surface area contributed by atoms with Gasteiger partial charge in [0.05, 0.1) is 11.6 Å². The average molecular weight is 570 g/mol. The number of carbonyl (C=O) groups is 1. The van der Waals surface area contributed by atoms with Crippen LogP contribution >= 0.6 is 31.9 Å². The Bertz CT molecular complexity index is 1360. The molecule has 0 unspecified atom stereocenters. The largest absolute Gasteiger partial charge is 0.495 e. The van der Waals surface area contributed by atoms with E-state index in [0.717, 1.165) is 31.2 Å². The number of methoxy groups -OCH3 is 1. The lowest BCUT2D eigenvalue weighted by atomic mass is 10.0. The molecule has 4 rings (SSSR count). The molecule has 0 spiro atoms. The number of hydrogen-bond donors (Lipinski definition) is 1. The maximum atomic E-state index is 12.5. The van der Waals surface area contributed by atoms with E-state index in [2.05, 4.69) is 68.1 Å². The van der Waals surface area contributed by atoms with Crippen molar-refractivity contribution in [1.82, 2.24) is 4.98 Å². The second-order valence-electron chi connectivity index (χ2n) is 7.81. The van der Waals surface area contributed by atoms with Crippen LogP contribution in [0, 0.1) is 0 Å². The van der Waals surface area contributed by atoms with Crippen LogP contribution in [0.25, 0.3) is 28.6 Å². The van der Waals surface area contributed by atoms with Crippen LogP contribution in [-0.2, 0) is 4.79 Å². The first kappa shape index (κ1) is 23.3. The van der Waals surface area contributed by atoms with Crippen LogP contribution in [0.4, 0.5) is 5.69 Å². The third-order valence-corrected chi connectivity index (χ3v) is 6.16. The number of rotatable bonds is 6. The van der Waals surface area contributed by atoms with Crippen molar-refractivity contribution in [3.8, 4) is 17.2 Å². The highest BCUT2D eigenvalue weighted by molar-refractivity contribution is 9.11. The number of nitrogens with zero attached hydrogens (tertiary/aromatic N) is 1. The second-order valence-corrected chi connectivity index (χ2v) is 9.58. The van der Waals surface area contributed by atoms with Crippen LogP contribution in [0.15, 0.2) is 74.0 Å². The molecular weight excluding hydrogens is 548 g/mol. The minimum Gasteiger partial charge on any atom is -0.495 e. The number of ether oxygens (including phenoxy) is 1. The van der Waals surface area contributed by atoms with Crippen LogP contribution in [0.1, 0.15) is 30.9 Å². The fourth-order valence-electron chi connectivity index (χ4n) is 3.43. The average Bonchev–Trinajstić information content (AvgIpc) is 3.21. The van der Waals surface area contributed by atoms with Crippen molar-refractivity contribution in [2.24, 2.45) is 0 Å². The molecule has 0 aliphatic carbocycles. The lowest BCUT2D eigenvalue weighted by Crippen LogP contribution is -2.07.